The Balaban J connectivity index is 3.22. The maximum absolute atomic E-state index is 10.7. The van der Waals surface area contributed by atoms with Crippen molar-refractivity contribution in [3.63, 3.8) is 0 Å². The van der Waals surface area contributed by atoms with Gasteiger partial charge in [0.15, 0.2) is 0 Å². The van der Waals surface area contributed by atoms with Crippen LogP contribution < -0.4 is 0 Å². The van der Waals surface area contributed by atoms with E-state index in [-0.39, 0.29) is 11.3 Å². The smallest absolute Gasteiger partial charge is 0.335 e. The van der Waals surface area contributed by atoms with Crippen molar-refractivity contribution in [1.29, 1.82) is 0 Å². The van der Waals surface area contributed by atoms with Gasteiger partial charge in [-0.05, 0) is 37.1 Å². The van der Waals surface area contributed by atoms with Crippen LogP contribution in [0.1, 0.15) is 36.2 Å². The van der Waals surface area contributed by atoms with E-state index in [9.17, 15) is 9.90 Å². The molecule has 0 unspecified atom stereocenters. The number of aromatic hydroxyl groups is 1. The van der Waals surface area contributed by atoms with Gasteiger partial charge in [-0.1, -0.05) is 13.0 Å². The van der Waals surface area contributed by atoms with Gasteiger partial charge in [-0.15, -0.1) is 0 Å². The van der Waals surface area contributed by atoms with Crippen LogP contribution in [-0.4, -0.2) is 16.2 Å². The number of hydrogen-bond donors (Lipinski definition) is 2. The zero-order valence-corrected chi connectivity index (χ0v) is 8.82. The Bertz CT molecular complexity index is 405. The summed E-state index contributed by atoms with van der Waals surface area (Å²) in [5.41, 5.74) is 1.65. The Hall–Kier alpha value is -1.77. The summed E-state index contributed by atoms with van der Waals surface area (Å²) < 4.78 is 0. The highest BCUT2D eigenvalue weighted by Crippen LogP contribution is 2.26. The monoisotopic (exact) mass is 206 g/mol. The molecule has 1 rings (SSSR count). The van der Waals surface area contributed by atoms with Crippen molar-refractivity contribution < 1.29 is 15.0 Å². The van der Waals surface area contributed by atoms with Gasteiger partial charge < -0.3 is 10.2 Å². The van der Waals surface area contributed by atoms with Gasteiger partial charge in [0.25, 0.3) is 0 Å². The number of aromatic carboxylic acids is 1. The molecule has 15 heavy (non-hydrogen) atoms. The summed E-state index contributed by atoms with van der Waals surface area (Å²) in [6, 6.07) is 4.28. The van der Waals surface area contributed by atoms with Crippen LogP contribution in [0, 0.1) is 0 Å². The molecule has 0 aliphatic carbocycles. The first kappa shape index (κ1) is 11.3. The zero-order valence-electron chi connectivity index (χ0n) is 8.82. The van der Waals surface area contributed by atoms with Crippen molar-refractivity contribution >= 4 is 11.5 Å². The molecule has 0 bridgehead atoms. The minimum absolute atomic E-state index is 0.113. The van der Waals surface area contributed by atoms with Crippen LogP contribution in [0.25, 0.3) is 5.57 Å². The Morgan fingerprint density at radius 3 is 2.67 bits per heavy atom. The Kier molecular flexibility index (Phi) is 3.50. The number of allylic oxidation sites excluding steroid dienone is 2. The number of phenolic OH excluding ortho intramolecular Hbond substituents is 1. The highest BCUT2D eigenvalue weighted by atomic mass is 16.4. The van der Waals surface area contributed by atoms with E-state index in [0.29, 0.717) is 5.56 Å². The van der Waals surface area contributed by atoms with E-state index in [0.717, 1.165) is 12.0 Å². The van der Waals surface area contributed by atoms with E-state index in [1.807, 2.05) is 19.9 Å². The van der Waals surface area contributed by atoms with Gasteiger partial charge in [0.1, 0.15) is 5.75 Å². The number of hydrogen-bond acceptors (Lipinski definition) is 2. The molecule has 2 N–H and O–H groups in total. The molecular weight excluding hydrogens is 192 g/mol. The van der Waals surface area contributed by atoms with Crippen LogP contribution in [0.15, 0.2) is 24.3 Å². The molecule has 3 heteroatoms. The number of carboxylic acids is 1. The minimum Gasteiger partial charge on any atom is -0.507 e. The summed E-state index contributed by atoms with van der Waals surface area (Å²) in [6.07, 6.45) is 2.79. The fraction of sp³-hybridized carbons (Fsp3) is 0.250. The van der Waals surface area contributed by atoms with E-state index in [1.165, 1.54) is 18.2 Å². The van der Waals surface area contributed by atoms with Crippen LogP contribution in [0.5, 0.6) is 5.75 Å². The van der Waals surface area contributed by atoms with E-state index in [1.54, 1.807) is 0 Å². The van der Waals surface area contributed by atoms with Gasteiger partial charge >= 0.3 is 5.97 Å². The van der Waals surface area contributed by atoms with E-state index < -0.39 is 5.97 Å². The lowest BCUT2D eigenvalue weighted by Gasteiger charge is -2.06. The summed E-state index contributed by atoms with van der Waals surface area (Å²) in [7, 11) is 0. The number of rotatable bonds is 3. The molecule has 0 saturated heterocycles. The molecule has 0 fully saturated rings. The second-order valence-corrected chi connectivity index (χ2v) is 3.33. The largest absolute Gasteiger partial charge is 0.507 e. The molecule has 0 saturated carbocycles. The summed E-state index contributed by atoms with van der Waals surface area (Å²) in [5, 5.41) is 18.4. The van der Waals surface area contributed by atoms with Gasteiger partial charge in [-0.3, -0.25) is 0 Å². The second-order valence-electron chi connectivity index (χ2n) is 3.33. The molecule has 0 aromatic heterocycles. The quantitative estimate of drug-likeness (QED) is 0.799. The van der Waals surface area contributed by atoms with Crippen LogP contribution in [0.3, 0.4) is 0 Å². The molecule has 0 heterocycles. The lowest BCUT2D eigenvalue weighted by molar-refractivity contribution is 0.0697. The predicted molar refractivity (Wildman–Crippen MR) is 59.0 cm³/mol. The molecule has 0 aliphatic rings. The second kappa shape index (κ2) is 4.64. The van der Waals surface area contributed by atoms with Gasteiger partial charge in [0.2, 0.25) is 0 Å². The minimum atomic E-state index is -0.986. The average Bonchev–Trinajstić information content (AvgIpc) is 2.18. The third kappa shape index (κ3) is 2.59. The van der Waals surface area contributed by atoms with Crippen LogP contribution in [0.4, 0.5) is 0 Å². The predicted octanol–water partition coefficient (Wildman–Crippen LogP) is 2.90. The van der Waals surface area contributed by atoms with Crippen molar-refractivity contribution in [3.8, 4) is 5.75 Å². The van der Waals surface area contributed by atoms with E-state index in [4.69, 9.17) is 5.11 Å². The van der Waals surface area contributed by atoms with Gasteiger partial charge in [0, 0.05) is 5.56 Å². The van der Waals surface area contributed by atoms with Gasteiger partial charge in [-0.25, -0.2) is 4.79 Å². The lowest BCUT2D eigenvalue weighted by Crippen LogP contribution is -1.96. The number of carboxylic acid groups (broad SMARTS) is 1. The first-order valence-electron chi connectivity index (χ1n) is 4.79. The zero-order chi connectivity index (χ0) is 11.4. The van der Waals surface area contributed by atoms with Crippen molar-refractivity contribution in [2.24, 2.45) is 0 Å². The Morgan fingerprint density at radius 2 is 2.13 bits per heavy atom. The summed E-state index contributed by atoms with van der Waals surface area (Å²) in [6.45, 7) is 3.84. The lowest BCUT2D eigenvalue weighted by atomic mass is 10.0. The highest BCUT2D eigenvalue weighted by Gasteiger charge is 2.08. The molecule has 1 aromatic rings. The Morgan fingerprint density at radius 1 is 1.47 bits per heavy atom. The normalized spacial score (nSPS) is 11.5. The molecule has 0 aliphatic heterocycles. The number of phenols is 1. The van der Waals surface area contributed by atoms with Crippen LogP contribution in [-0.2, 0) is 0 Å². The maximum Gasteiger partial charge on any atom is 0.335 e. The van der Waals surface area contributed by atoms with Crippen molar-refractivity contribution in [2.75, 3.05) is 0 Å². The average molecular weight is 206 g/mol. The van der Waals surface area contributed by atoms with Gasteiger partial charge in [0.05, 0.1) is 5.56 Å². The number of benzene rings is 1. The fourth-order valence-corrected chi connectivity index (χ4v) is 1.40. The fourth-order valence-electron chi connectivity index (χ4n) is 1.40. The number of carbonyl (C=O) groups is 1. The van der Waals surface area contributed by atoms with Gasteiger partial charge in [-0.2, -0.15) is 0 Å². The molecule has 0 spiro atoms. The molecule has 80 valence electrons. The summed E-state index contributed by atoms with van der Waals surface area (Å²) in [5.74, 6) is -0.872. The first-order valence-corrected chi connectivity index (χ1v) is 4.79. The van der Waals surface area contributed by atoms with Crippen molar-refractivity contribution in [3.05, 3.63) is 35.4 Å². The molecular formula is C12H14O3. The standard InChI is InChI=1S/C12H14O3/c1-3-4-8(2)10-7-9(12(14)15)5-6-11(10)13/h4-7,13H,3H2,1-2H3,(H,14,15). The SMILES string of the molecule is CCC=C(C)c1cc(C(=O)O)ccc1O. The molecule has 3 nitrogen and oxygen atoms in total. The highest BCUT2D eigenvalue weighted by molar-refractivity contribution is 5.89. The Labute approximate surface area is 88.7 Å². The molecule has 1 aromatic carbocycles. The molecule has 0 amide bonds. The van der Waals surface area contributed by atoms with Crippen LogP contribution >= 0.6 is 0 Å². The van der Waals surface area contributed by atoms with Crippen molar-refractivity contribution in [2.45, 2.75) is 20.3 Å². The molecule has 0 atom stereocenters. The summed E-state index contributed by atoms with van der Waals surface area (Å²) in [4.78, 5) is 10.7. The van der Waals surface area contributed by atoms with E-state index >= 15 is 0 Å². The third-order valence-corrected chi connectivity index (χ3v) is 2.18. The molecule has 0 radical (unpaired) electrons. The summed E-state index contributed by atoms with van der Waals surface area (Å²) >= 11 is 0. The first-order chi connectivity index (χ1) is 7.06. The van der Waals surface area contributed by atoms with Crippen molar-refractivity contribution in [1.82, 2.24) is 0 Å². The van der Waals surface area contributed by atoms with Crippen LogP contribution in [0.2, 0.25) is 0 Å². The maximum atomic E-state index is 10.7. The third-order valence-electron chi connectivity index (χ3n) is 2.18. The topological polar surface area (TPSA) is 57.5 Å². The van der Waals surface area contributed by atoms with E-state index in [2.05, 4.69) is 0 Å².